The molecule has 0 atom stereocenters. The number of nitrogens with one attached hydrogen (secondary N) is 1. The van der Waals surface area contributed by atoms with E-state index in [4.69, 9.17) is 4.74 Å². The lowest BCUT2D eigenvalue weighted by Gasteiger charge is -2.38. The van der Waals surface area contributed by atoms with Crippen molar-refractivity contribution in [2.75, 3.05) is 52.4 Å². The van der Waals surface area contributed by atoms with E-state index in [1.807, 2.05) is 4.90 Å². The third-order valence-corrected chi connectivity index (χ3v) is 3.62. The van der Waals surface area contributed by atoms with Crippen LogP contribution in [0.2, 0.25) is 0 Å². The summed E-state index contributed by atoms with van der Waals surface area (Å²) in [5.74, 6) is 0.292. The van der Waals surface area contributed by atoms with Crippen LogP contribution in [0.1, 0.15) is 20.3 Å². The summed E-state index contributed by atoms with van der Waals surface area (Å²) < 4.78 is 5.67. The van der Waals surface area contributed by atoms with Gasteiger partial charge in [-0.05, 0) is 13.8 Å². The van der Waals surface area contributed by atoms with Gasteiger partial charge in [-0.1, -0.05) is 0 Å². The molecule has 2 aliphatic rings. The van der Waals surface area contributed by atoms with Crippen molar-refractivity contribution in [2.45, 2.75) is 25.9 Å². The van der Waals surface area contributed by atoms with Crippen LogP contribution in [0.5, 0.6) is 0 Å². The summed E-state index contributed by atoms with van der Waals surface area (Å²) in [5, 5.41) is 3.26. The molecule has 0 bridgehead atoms. The first-order valence-corrected chi connectivity index (χ1v) is 6.92. The van der Waals surface area contributed by atoms with Crippen molar-refractivity contribution in [3.8, 4) is 0 Å². The summed E-state index contributed by atoms with van der Waals surface area (Å²) in [6.07, 6.45) is 0.635. The maximum Gasteiger partial charge on any atom is 0.223 e. The molecule has 2 saturated heterocycles. The zero-order valence-electron chi connectivity index (χ0n) is 12.0. The molecule has 2 rings (SSSR count). The highest BCUT2D eigenvalue weighted by molar-refractivity contribution is 5.85. The van der Waals surface area contributed by atoms with Gasteiger partial charge in [0.05, 0.1) is 12.2 Å². The number of hydrogen-bond donors (Lipinski definition) is 1. The van der Waals surface area contributed by atoms with E-state index in [9.17, 15) is 4.79 Å². The summed E-state index contributed by atoms with van der Waals surface area (Å²) in [5.41, 5.74) is -0.0731. The molecule has 0 aromatic rings. The Balaban J connectivity index is 0.00000180. The number of hydrogen-bond acceptors (Lipinski definition) is 4. The fourth-order valence-electron chi connectivity index (χ4n) is 2.63. The fourth-order valence-corrected chi connectivity index (χ4v) is 2.63. The fraction of sp³-hybridized carbons (Fsp3) is 0.923. The quantitative estimate of drug-likeness (QED) is 0.815. The monoisotopic (exact) mass is 291 g/mol. The van der Waals surface area contributed by atoms with E-state index in [-0.39, 0.29) is 18.0 Å². The van der Waals surface area contributed by atoms with Crippen LogP contribution in [-0.2, 0) is 9.53 Å². The van der Waals surface area contributed by atoms with Crippen LogP contribution in [0.25, 0.3) is 0 Å². The van der Waals surface area contributed by atoms with Crippen molar-refractivity contribution >= 4 is 18.3 Å². The summed E-state index contributed by atoms with van der Waals surface area (Å²) in [6.45, 7) is 11.3. The number of morpholine rings is 1. The van der Waals surface area contributed by atoms with Gasteiger partial charge in [-0.25, -0.2) is 0 Å². The minimum absolute atomic E-state index is 0. The molecule has 0 aliphatic carbocycles. The van der Waals surface area contributed by atoms with Gasteiger partial charge in [-0.15, -0.1) is 12.4 Å². The number of rotatable bonds is 3. The minimum atomic E-state index is -0.0731. The molecule has 1 N–H and O–H groups in total. The normalized spacial score (nSPS) is 23.8. The van der Waals surface area contributed by atoms with E-state index in [2.05, 4.69) is 24.1 Å². The maximum absolute atomic E-state index is 12.0. The largest absolute Gasteiger partial charge is 0.373 e. The van der Waals surface area contributed by atoms with Gasteiger partial charge in [0.1, 0.15) is 0 Å². The van der Waals surface area contributed by atoms with E-state index in [0.717, 1.165) is 52.4 Å². The third-order valence-electron chi connectivity index (χ3n) is 3.62. The highest BCUT2D eigenvalue weighted by Crippen LogP contribution is 2.16. The number of piperazine rings is 1. The van der Waals surface area contributed by atoms with E-state index in [1.54, 1.807) is 0 Å². The molecule has 0 spiro atoms. The van der Waals surface area contributed by atoms with Crippen LogP contribution in [0.3, 0.4) is 0 Å². The number of amides is 1. The van der Waals surface area contributed by atoms with Crippen LogP contribution >= 0.6 is 12.4 Å². The van der Waals surface area contributed by atoms with Gasteiger partial charge in [-0.2, -0.15) is 0 Å². The Kier molecular flexibility index (Phi) is 6.53. The molecule has 2 fully saturated rings. The van der Waals surface area contributed by atoms with Gasteiger partial charge < -0.3 is 15.0 Å². The van der Waals surface area contributed by atoms with E-state index in [0.29, 0.717) is 12.3 Å². The van der Waals surface area contributed by atoms with Crippen molar-refractivity contribution in [1.29, 1.82) is 0 Å². The summed E-state index contributed by atoms with van der Waals surface area (Å²) in [4.78, 5) is 16.4. The molecule has 0 aromatic heterocycles. The van der Waals surface area contributed by atoms with E-state index >= 15 is 0 Å². The predicted octanol–water partition coefficient (Wildman–Crippen LogP) is 0.341. The lowest BCUT2D eigenvalue weighted by atomic mass is 10.1. The zero-order valence-corrected chi connectivity index (χ0v) is 12.8. The predicted molar refractivity (Wildman–Crippen MR) is 77.8 cm³/mol. The molecule has 0 unspecified atom stereocenters. The summed E-state index contributed by atoms with van der Waals surface area (Å²) in [7, 11) is 0. The molecule has 0 saturated carbocycles. The standard InChI is InChI=1S/C13H25N3O2.ClH/c1-13(2)11-15(9-10-18-13)6-3-12(17)16-7-4-14-5-8-16;/h14H,3-11H2,1-2H3;1H. The molecule has 0 radical (unpaired) electrons. The Bertz CT molecular complexity index is 294. The first kappa shape index (κ1) is 16.7. The molecule has 1 amide bonds. The second-order valence-electron chi connectivity index (χ2n) is 5.77. The SMILES string of the molecule is CC1(C)CN(CCC(=O)N2CCNCC2)CCO1.Cl. The molecule has 19 heavy (non-hydrogen) atoms. The average Bonchev–Trinajstić information content (AvgIpc) is 2.36. The van der Waals surface area contributed by atoms with Crippen molar-refractivity contribution in [2.24, 2.45) is 0 Å². The molecular formula is C13H26ClN3O2. The van der Waals surface area contributed by atoms with Gasteiger partial charge in [0.2, 0.25) is 5.91 Å². The Morgan fingerprint density at radius 1 is 1.26 bits per heavy atom. The summed E-state index contributed by atoms with van der Waals surface area (Å²) >= 11 is 0. The van der Waals surface area contributed by atoms with Crippen molar-refractivity contribution in [3.05, 3.63) is 0 Å². The molecule has 2 heterocycles. The van der Waals surface area contributed by atoms with Gasteiger partial charge in [-0.3, -0.25) is 9.69 Å². The lowest BCUT2D eigenvalue weighted by Crippen LogP contribution is -2.50. The lowest BCUT2D eigenvalue weighted by molar-refractivity contribution is -0.133. The van der Waals surface area contributed by atoms with Gasteiger partial charge in [0.15, 0.2) is 0 Å². The topological polar surface area (TPSA) is 44.8 Å². The van der Waals surface area contributed by atoms with Gasteiger partial charge in [0, 0.05) is 52.2 Å². The molecule has 112 valence electrons. The highest BCUT2D eigenvalue weighted by Gasteiger charge is 2.27. The first-order chi connectivity index (χ1) is 8.57. The second kappa shape index (κ2) is 7.43. The van der Waals surface area contributed by atoms with Crippen LogP contribution in [0, 0.1) is 0 Å². The van der Waals surface area contributed by atoms with Gasteiger partial charge in [0.25, 0.3) is 0 Å². The molecule has 2 aliphatic heterocycles. The zero-order chi connectivity index (χ0) is 13.0. The molecular weight excluding hydrogens is 266 g/mol. The van der Waals surface area contributed by atoms with Crippen LogP contribution in [0.15, 0.2) is 0 Å². The highest BCUT2D eigenvalue weighted by atomic mass is 35.5. The van der Waals surface area contributed by atoms with Gasteiger partial charge >= 0.3 is 0 Å². The molecule has 6 heteroatoms. The van der Waals surface area contributed by atoms with Crippen LogP contribution < -0.4 is 5.32 Å². The van der Waals surface area contributed by atoms with Crippen LogP contribution in [-0.4, -0.2) is 73.7 Å². The summed E-state index contributed by atoms with van der Waals surface area (Å²) in [6, 6.07) is 0. The Labute approximate surface area is 122 Å². The average molecular weight is 292 g/mol. The Morgan fingerprint density at radius 3 is 2.58 bits per heavy atom. The smallest absolute Gasteiger partial charge is 0.223 e. The Hall–Kier alpha value is -0.360. The van der Waals surface area contributed by atoms with Crippen molar-refractivity contribution < 1.29 is 9.53 Å². The third kappa shape index (κ3) is 5.26. The van der Waals surface area contributed by atoms with E-state index in [1.165, 1.54) is 0 Å². The Morgan fingerprint density at radius 2 is 1.95 bits per heavy atom. The number of carbonyl (C=O) groups excluding carboxylic acids is 1. The second-order valence-corrected chi connectivity index (χ2v) is 5.77. The number of nitrogens with zero attached hydrogens (tertiary/aromatic N) is 2. The van der Waals surface area contributed by atoms with E-state index < -0.39 is 0 Å². The number of carbonyl (C=O) groups is 1. The van der Waals surface area contributed by atoms with Crippen molar-refractivity contribution in [3.63, 3.8) is 0 Å². The number of ether oxygens (including phenoxy) is 1. The van der Waals surface area contributed by atoms with Crippen molar-refractivity contribution in [1.82, 2.24) is 15.1 Å². The number of halogens is 1. The molecule has 5 nitrogen and oxygen atoms in total. The molecule has 0 aromatic carbocycles. The minimum Gasteiger partial charge on any atom is -0.373 e. The maximum atomic E-state index is 12.0. The first-order valence-electron chi connectivity index (χ1n) is 6.92. The van der Waals surface area contributed by atoms with Crippen LogP contribution in [0.4, 0.5) is 0 Å².